The summed E-state index contributed by atoms with van der Waals surface area (Å²) in [5.74, 6) is 0.908. The first kappa shape index (κ1) is 14.4. The van der Waals surface area contributed by atoms with Gasteiger partial charge in [-0.2, -0.15) is 11.8 Å². The fraction of sp³-hybridized carbons (Fsp3) is 0.571. The highest BCUT2D eigenvalue weighted by Crippen LogP contribution is 2.22. The van der Waals surface area contributed by atoms with Crippen LogP contribution in [0.2, 0.25) is 0 Å². The Morgan fingerprint density at radius 2 is 1.88 bits per heavy atom. The zero-order valence-corrected chi connectivity index (χ0v) is 12.2. The Bertz CT molecular complexity index is 335. The fourth-order valence-electron chi connectivity index (χ4n) is 1.48. The third-order valence-electron chi connectivity index (χ3n) is 3.00. The molecule has 1 unspecified atom stereocenters. The van der Waals surface area contributed by atoms with Gasteiger partial charge in [0.05, 0.1) is 7.11 Å². The highest BCUT2D eigenvalue weighted by Gasteiger charge is 2.17. The van der Waals surface area contributed by atoms with Gasteiger partial charge in [0.25, 0.3) is 0 Å². The van der Waals surface area contributed by atoms with Crippen molar-refractivity contribution in [3.05, 3.63) is 29.8 Å². The van der Waals surface area contributed by atoms with Crippen molar-refractivity contribution in [3.63, 3.8) is 0 Å². The molecule has 0 radical (unpaired) electrons. The topological polar surface area (TPSA) is 21.3 Å². The van der Waals surface area contributed by atoms with Gasteiger partial charge < -0.3 is 10.1 Å². The molecule has 0 spiro atoms. The number of benzene rings is 1. The van der Waals surface area contributed by atoms with E-state index in [0.717, 1.165) is 12.3 Å². The van der Waals surface area contributed by atoms with Crippen molar-refractivity contribution in [2.24, 2.45) is 0 Å². The third kappa shape index (κ3) is 4.60. The summed E-state index contributed by atoms with van der Waals surface area (Å²) in [5, 5.41) is 3.57. The zero-order valence-electron chi connectivity index (χ0n) is 11.4. The lowest BCUT2D eigenvalue weighted by Crippen LogP contribution is -2.33. The van der Waals surface area contributed by atoms with Gasteiger partial charge in [0.2, 0.25) is 0 Å². The number of ether oxygens (including phenoxy) is 1. The van der Waals surface area contributed by atoms with Crippen LogP contribution in [0.4, 0.5) is 0 Å². The second kappa shape index (κ2) is 6.31. The minimum atomic E-state index is 0.279. The van der Waals surface area contributed by atoms with E-state index in [1.165, 1.54) is 5.56 Å². The Labute approximate surface area is 109 Å². The number of rotatable bonds is 6. The molecule has 17 heavy (non-hydrogen) atoms. The van der Waals surface area contributed by atoms with Crippen LogP contribution in [0, 0.1) is 0 Å². The van der Waals surface area contributed by atoms with Crippen LogP contribution in [0.15, 0.2) is 24.3 Å². The van der Waals surface area contributed by atoms with Gasteiger partial charge in [-0.1, -0.05) is 12.1 Å². The lowest BCUT2D eigenvalue weighted by molar-refractivity contribution is 0.414. The highest BCUT2D eigenvalue weighted by molar-refractivity contribution is 7.99. The fourth-order valence-corrected chi connectivity index (χ4v) is 1.71. The molecule has 0 bridgehead atoms. The molecule has 2 nitrogen and oxygen atoms in total. The minimum absolute atomic E-state index is 0.279. The van der Waals surface area contributed by atoms with Crippen molar-refractivity contribution in [1.82, 2.24) is 5.32 Å². The molecule has 1 atom stereocenters. The van der Waals surface area contributed by atoms with Crippen LogP contribution in [0.1, 0.15) is 32.4 Å². The van der Waals surface area contributed by atoms with Crippen molar-refractivity contribution in [1.29, 1.82) is 0 Å². The first-order valence-electron chi connectivity index (χ1n) is 5.91. The summed E-state index contributed by atoms with van der Waals surface area (Å²) < 4.78 is 5.44. The van der Waals surface area contributed by atoms with E-state index in [0.29, 0.717) is 6.04 Å². The van der Waals surface area contributed by atoms with Crippen molar-refractivity contribution in [3.8, 4) is 5.75 Å². The summed E-state index contributed by atoms with van der Waals surface area (Å²) in [4.78, 5) is 0. The van der Waals surface area contributed by atoms with Crippen LogP contribution < -0.4 is 10.1 Å². The molecule has 0 aromatic heterocycles. The zero-order chi connectivity index (χ0) is 12.9. The van der Waals surface area contributed by atoms with Gasteiger partial charge in [0, 0.05) is 17.3 Å². The number of methoxy groups -OCH3 is 1. The summed E-state index contributed by atoms with van der Waals surface area (Å²) in [5.41, 5.74) is 1.29. The van der Waals surface area contributed by atoms with Gasteiger partial charge in [0.1, 0.15) is 5.75 Å². The van der Waals surface area contributed by atoms with E-state index in [4.69, 9.17) is 4.74 Å². The molecule has 1 rings (SSSR count). The largest absolute Gasteiger partial charge is 0.497 e. The summed E-state index contributed by atoms with van der Waals surface area (Å²) in [6.07, 6.45) is 2.15. The predicted octanol–water partition coefficient (Wildman–Crippen LogP) is 3.49. The molecule has 3 heteroatoms. The molecular weight excluding hydrogens is 230 g/mol. The van der Waals surface area contributed by atoms with Gasteiger partial charge in [-0.05, 0) is 44.7 Å². The van der Waals surface area contributed by atoms with Crippen LogP contribution in [-0.2, 0) is 0 Å². The van der Waals surface area contributed by atoms with E-state index in [-0.39, 0.29) is 4.75 Å². The molecule has 0 fully saturated rings. The minimum Gasteiger partial charge on any atom is -0.497 e. The van der Waals surface area contributed by atoms with Crippen molar-refractivity contribution in [2.75, 3.05) is 19.9 Å². The maximum atomic E-state index is 5.16. The van der Waals surface area contributed by atoms with Gasteiger partial charge in [-0.3, -0.25) is 0 Å². The van der Waals surface area contributed by atoms with Crippen LogP contribution >= 0.6 is 11.8 Å². The predicted molar refractivity (Wildman–Crippen MR) is 77.0 cm³/mol. The summed E-state index contributed by atoms with van der Waals surface area (Å²) in [6, 6.07) is 8.61. The van der Waals surface area contributed by atoms with E-state index in [2.05, 4.69) is 44.5 Å². The average molecular weight is 253 g/mol. The Balaban J connectivity index is 2.54. The molecule has 1 aromatic carbocycles. The Hall–Kier alpha value is -0.670. The normalized spacial score (nSPS) is 13.5. The van der Waals surface area contributed by atoms with E-state index in [1.54, 1.807) is 7.11 Å². The van der Waals surface area contributed by atoms with Gasteiger partial charge in [-0.15, -0.1) is 0 Å². The van der Waals surface area contributed by atoms with Crippen LogP contribution in [0.5, 0.6) is 5.75 Å². The first-order chi connectivity index (χ1) is 7.98. The van der Waals surface area contributed by atoms with E-state index < -0.39 is 0 Å². The van der Waals surface area contributed by atoms with Crippen molar-refractivity contribution < 1.29 is 4.74 Å². The molecule has 0 aliphatic carbocycles. The summed E-state index contributed by atoms with van der Waals surface area (Å²) in [7, 11) is 1.69. The van der Waals surface area contributed by atoms with Crippen molar-refractivity contribution >= 4 is 11.8 Å². The smallest absolute Gasteiger partial charge is 0.118 e. The van der Waals surface area contributed by atoms with E-state index in [1.807, 2.05) is 23.9 Å². The third-order valence-corrected chi connectivity index (χ3v) is 4.25. The molecule has 0 aliphatic rings. The Kier molecular flexibility index (Phi) is 5.34. The lowest BCUT2D eigenvalue weighted by atomic mass is 10.1. The van der Waals surface area contributed by atoms with Crippen molar-refractivity contribution in [2.45, 2.75) is 31.6 Å². The highest BCUT2D eigenvalue weighted by atomic mass is 32.2. The molecule has 0 heterocycles. The maximum absolute atomic E-state index is 5.16. The van der Waals surface area contributed by atoms with Crippen LogP contribution in [-0.4, -0.2) is 24.7 Å². The Morgan fingerprint density at radius 1 is 1.29 bits per heavy atom. The summed E-state index contributed by atoms with van der Waals surface area (Å²) in [6.45, 7) is 7.70. The molecule has 96 valence electrons. The molecule has 0 saturated heterocycles. The maximum Gasteiger partial charge on any atom is 0.118 e. The molecule has 0 saturated carbocycles. The monoisotopic (exact) mass is 253 g/mol. The van der Waals surface area contributed by atoms with Gasteiger partial charge in [-0.25, -0.2) is 0 Å². The van der Waals surface area contributed by atoms with Gasteiger partial charge >= 0.3 is 0 Å². The van der Waals surface area contributed by atoms with E-state index >= 15 is 0 Å². The molecule has 0 amide bonds. The summed E-state index contributed by atoms with van der Waals surface area (Å²) >= 11 is 1.89. The SMILES string of the molecule is COc1ccc(C(C)NCC(C)(C)SC)cc1. The second-order valence-corrected chi connectivity index (χ2v) is 6.35. The molecule has 0 aliphatic heterocycles. The Morgan fingerprint density at radius 3 is 2.35 bits per heavy atom. The molecular formula is C14H23NOS. The first-order valence-corrected chi connectivity index (χ1v) is 7.13. The molecule has 1 N–H and O–H groups in total. The number of nitrogens with one attached hydrogen (secondary N) is 1. The standard InChI is InChI=1S/C14H23NOS/c1-11(15-10-14(2,3)17-5)12-6-8-13(16-4)9-7-12/h6-9,11,15H,10H2,1-5H3. The van der Waals surface area contributed by atoms with E-state index in [9.17, 15) is 0 Å². The molecule has 1 aromatic rings. The number of hydrogen-bond acceptors (Lipinski definition) is 3. The second-order valence-electron chi connectivity index (χ2n) is 4.84. The van der Waals surface area contributed by atoms with Crippen LogP contribution in [0.3, 0.4) is 0 Å². The number of thioether (sulfide) groups is 1. The lowest BCUT2D eigenvalue weighted by Gasteiger charge is -2.25. The number of hydrogen-bond donors (Lipinski definition) is 1. The average Bonchev–Trinajstić information content (AvgIpc) is 2.36. The quantitative estimate of drug-likeness (QED) is 0.838. The van der Waals surface area contributed by atoms with Crippen LogP contribution in [0.25, 0.3) is 0 Å². The van der Waals surface area contributed by atoms with Gasteiger partial charge in [0.15, 0.2) is 0 Å².